The molecule has 3 rings (SSSR count). The van der Waals surface area contributed by atoms with Crippen LogP contribution >= 0.6 is 0 Å². The first-order valence-corrected chi connectivity index (χ1v) is 7.99. The van der Waals surface area contributed by atoms with Crippen LogP contribution in [0.3, 0.4) is 0 Å². The Balaban J connectivity index is 1.65. The summed E-state index contributed by atoms with van der Waals surface area (Å²) < 4.78 is 0. The van der Waals surface area contributed by atoms with Crippen molar-refractivity contribution < 1.29 is 9.59 Å². The molecule has 2 amide bonds. The number of nitrogens with two attached hydrogens (primary N) is 1. The zero-order valence-corrected chi connectivity index (χ0v) is 13.3. The van der Waals surface area contributed by atoms with Gasteiger partial charge >= 0.3 is 0 Å². The summed E-state index contributed by atoms with van der Waals surface area (Å²) in [7, 11) is 0. The maximum Gasteiger partial charge on any atom is 0.247 e. The number of hydrogen-bond acceptors (Lipinski definition) is 4. The van der Waals surface area contributed by atoms with Gasteiger partial charge < -0.3 is 16.0 Å². The van der Waals surface area contributed by atoms with Crippen LogP contribution in [0.4, 0.5) is 11.5 Å². The van der Waals surface area contributed by atoms with E-state index < -0.39 is 6.04 Å². The fourth-order valence-electron chi connectivity index (χ4n) is 2.91. The molecule has 6 heteroatoms. The number of benzene rings is 1. The Labute approximate surface area is 140 Å². The van der Waals surface area contributed by atoms with Gasteiger partial charge in [0.25, 0.3) is 0 Å². The largest absolute Gasteiger partial charge is 0.384 e. The normalized spacial score (nSPS) is 16.8. The van der Waals surface area contributed by atoms with Crippen LogP contribution in [0.25, 0.3) is 0 Å². The molecule has 0 spiro atoms. The van der Waals surface area contributed by atoms with Crippen LogP contribution < -0.4 is 11.1 Å². The second kappa shape index (κ2) is 7.12. The molecule has 1 aromatic carbocycles. The van der Waals surface area contributed by atoms with Gasteiger partial charge in [0.05, 0.1) is 18.3 Å². The Hall–Kier alpha value is -2.89. The van der Waals surface area contributed by atoms with Crippen molar-refractivity contribution in [3.63, 3.8) is 0 Å². The molecule has 1 aliphatic rings. The Morgan fingerprint density at radius 2 is 2.00 bits per heavy atom. The number of carbonyl (C=O) groups is 2. The summed E-state index contributed by atoms with van der Waals surface area (Å²) in [4.78, 5) is 30.7. The molecule has 0 saturated carbocycles. The van der Waals surface area contributed by atoms with Crippen molar-refractivity contribution in [3.8, 4) is 0 Å². The van der Waals surface area contributed by atoms with E-state index in [1.54, 1.807) is 17.0 Å². The van der Waals surface area contributed by atoms with E-state index in [-0.39, 0.29) is 11.8 Å². The lowest BCUT2D eigenvalue weighted by molar-refractivity contribution is -0.136. The van der Waals surface area contributed by atoms with Crippen molar-refractivity contribution in [1.82, 2.24) is 9.88 Å². The van der Waals surface area contributed by atoms with Crippen molar-refractivity contribution in [2.45, 2.75) is 25.3 Å². The van der Waals surface area contributed by atoms with Gasteiger partial charge in [0.15, 0.2) is 0 Å². The second-order valence-electron chi connectivity index (χ2n) is 5.87. The molecule has 2 heterocycles. The quantitative estimate of drug-likeness (QED) is 0.898. The minimum absolute atomic E-state index is 0.0192. The standard InChI is InChI=1S/C18H20N4O2/c19-16-9-8-14(12-20-16)21-18(24)15-7-4-10-22(15)17(23)11-13-5-2-1-3-6-13/h1-3,5-6,8-9,12,15H,4,7,10-11H2,(H2,19,20)(H,21,24). The lowest BCUT2D eigenvalue weighted by Crippen LogP contribution is -2.43. The summed E-state index contributed by atoms with van der Waals surface area (Å²) in [6.45, 7) is 0.615. The van der Waals surface area contributed by atoms with Crippen LogP contribution in [0.15, 0.2) is 48.7 Å². The fraction of sp³-hybridized carbons (Fsp3) is 0.278. The minimum Gasteiger partial charge on any atom is -0.384 e. The van der Waals surface area contributed by atoms with Crippen LogP contribution in [0.5, 0.6) is 0 Å². The molecular weight excluding hydrogens is 304 g/mol. The summed E-state index contributed by atoms with van der Waals surface area (Å²) in [6, 6.07) is 12.5. The summed E-state index contributed by atoms with van der Waals surface area (Å²) in [6.07, 6.45) is 3.33. The van der Waals surface area contributed by atoms with Crippen LogP contribution in [-0.4, -0.2) is 34.3 Å². The number of nitrogens with one attached hydrogen (secondary N) is 1. The lowest BCUT2D eigenvalue weighted by Gasteiger charge is -2.24. The summed E-state index contributed by atoms with van der Waals surface area (Å²) in [5.74, 6) is 0.197. The predicted octanol–water partition coefficient (Wildman–Crippen LogP) is 1.84. The van der Waals surface area contributed by atoms with E-state index in [4.69, 9.17) is 5.73 Å². The molecule has 2 aromatic rings. The van der Waals surface area contributed by atoms with Gasteiger partial charge in [-0.25, -0.2) is 4.98 Å². The molecule has 6 nitrogen and oxygen atoms in total. The molecule has 1 fully saturated rings. The minimum atomic E-state index is -0.432. The molecule has 1 atom stereocenters. The third-order valence-electron chi connectivity index (χ3n) is 4.13. The van der Waals surface area contributed by atoms with Gasteiger partial charge in [0, 0.05) is 6.54 Å². The third-order valence-corrected chi connectivity index (χ3v) is 4.13. The number of amides is 2. The molecule has 1 aromatic heterocycles. The van der Waals surface area contributed by atoms with Gasteiger partial charge in [-0.05, 0) is 30.5 Å². The first-order valence-electron chi connectivity index (χ1n) is 7.99. The van der Waals surface area contributed by atoms with Crippen molar-refractivity contribution in [2.75, 3.05) is 17.6 Å². The van der Waals surface area contributed by atoms with Crippen molar-refractivity contribution in [3.05, 3.63) is 54.2 Å². The van der Waals surface area contributed by atoms with E-state index in [2.05, 4.69) is 10.3 Å². The number of nitrogen functional groups attached to an aromatic ring is 1. The maximum atomic E-state index is 12.5. The molecule has 0 radical (unpaired) electrons. The predicted molar refractivity (Wildman–Crippen MR) is 92.2 cm³/mol. The molecule has 1 aliphatic heterocycles. The van der Waals surface area contributed by atoms with Crippen molar-refractivity contribution >= 4 is 23.3 Å². The smallest absolute Gasteiger partial charge is 0.247 e. The Morgan fingerprint density at radius 1 is 1.21 bits per heavy atom. The second-order valence-corrected chi connectivity index (χ2v) is 5.87. The molecule has 1 unspecified atom stereocenters. The highest BCUT2D eigenvalue weighted by atomic mass is 16.2. The van der Waals surface area contributed by atoms with E-state index in [1.165, 1.54) is 6.20 Å². The fourth-order valence-corrected chi connectivity index (χ4v) is 2.91. The third kappa shape index (κ3) is 3.71. The van der Waals surface area contributed by atoms with Crippen LogP contribution in [0, 0.1) is 0 Å². The van der Waals surface area contributed by atoms with Gasteiger partial charge in [-0.1, -0.05) is 30.3 Å². The van der Waals surface area contributed by atoms with Gasteiger partial charge in [0.1, 0.15) is 11.9 Å². The topological polar surface area (TPSA) is 88.3 Å². The van der Waals surface area contributed by atoms with Gasteiger partial charge in [-0.3, -0.25) is 9.59 Å². The lowest BCUT2D eigenvalue weighted by atomic mass is 10.1. The SMILES string of the molecule is Nc1ccc(NC(=O)C2CCCN2C(=O)Cc2ccccc2)cn1. The molecule has 24 heavy (non-hydrogen) atoms. The van der Waals surface area contributed by atoms with Gasteiger partial charge in [-0.2, -0.15) is 0 Å². The van der Waals surface area contributed by atoms with Gasteiger partial charge in [-0.15, -0.1) is 0 Å². The van der Waals surface area contributed by atoms with E-state index in [0.29, 0.717) is 30.9 Å². The summed E-state index contributed by atoms with van der Waals surface area (Å²) in [5.41, 5.74) is 7.07. The highest BCUT2D eigenvalue weighted by Crippen LogP contribution is 2.20. The number of anilines is 2. The molecule has 1 saturated heterocycles. The maximum absolute atomic E-state index is 12.5. The van der Waals surface area contributed by atoms with Crippen molar-refractivity contribution in [1.29, 1.82) is 0 Å². The number of likely N-dealkylation sites (tertiary alicyclic amines) is 1. The van der Waals surface area contributed by atoms with E-state index in [1.807, 2.05) is 30.3 Å². The molecule has 3 N–H and O–H groups in total. The van der Waals surface area contributed by atoms with Crippen LogP contribution in [0.1, 0.15) is 18.4 Å². The monoisotopic (exact) mass is 324 g/mol. The van der Waals surface area contributed by atoms with Crippen LogP contribution in [0.2, 0.25) is 0 Å². The average Bonchev–Trinajstić information content (AvgIpc) is 3.08. The molecule has 124 valence electrons. The van der Waals surface area contributed by atoms with E-state index in [9.17, 15) is 9.59 Å². The van der Waals surface area contributed by atoms with Gasteiger partial charge in [0.2, 0.25) is 11.8 Å². The first kappa shape index (κ1) is 16.0. The number of hydrogen-bond donors (Lipinski definition) is 2. The summed E-state index contributed by atoms with van der Waals surface area (Å²) in [5, 5.41) is 2.81. The number of nitrogens with zero attached hydrogens (tertiary/aromatic N) is 2. The van der Waals surface area contributed by atoms with E-state index in [0.717, 1.165) is 12.0 Å². The number of pyridine rings is 1. The first-order chi connectivity index (χ1) is 11.6. The summed E-state index contributed by atoms with van der Waals surface area (Å²) >= 11 is 0. The molecular formula is C18H20N4O2. The highest BCUT2D eigenvalue weighted by molar-refractivity contribution is 5.97. The average molecular weight is 324 g/mol. The zero-order valence-electron chi connectivity index (χ0n) is 13.3. The Morgan fingerprint density at radius 3 is 2.71 bits per heavy atom. The number of aromatic nitrogens is 1. The van der Waals surface area contributed by atoms with E-state index >= 15 is 0 Å². The number of carbonyl (C=O) groups excluding carboxylic acids is 2. The van der Waals surface area contributed by atoms with Crippen LogP contribution in [-0.2, 0) is 16.0 Å². The van der Waals surface area contributed by atoms with Crippen molar-refractivity contribution in [2.24, 2.45) is 0 Å². The molecule has 0 aliphatic carbocycles. The number of rotatable bonds is 4. The highest BCUT2D eigenvalue weighted by Gasteiger charge is 2.33. The Bertz CT molecular complexity index is 716. The molecule has 0 bridgehead atoms. The zero-order chi connectivity index (χ0) is 16.9. The Kier molecular flexibility index (Phi) is 4.74.